The summed E-state index contributed by atoms with van der Waals surface area (Å²) in [4.78, 5) is 0. The summed E-state index contributed by atoms with van der Waals surface area (Å²) in [5.74, 6) is -0.736. The second-order valence-electron chi connectivity index (χ2n) is 3.21. The molecule has 0 bridgehead atoms. The summed E-state index contributed by atoms with van der Waals surface area (Å²) < 4.78 is 16.7. The summed E-state index contributed by atoms with van der Waals surface area (Å²) in [6, 6.07) is 0. The Morgan fingerprint density at radius 1 is 1.08 bits per heavy atom. The Morgan fingerprint density at radius 2 is 1.77 bits per heavy atom. The zero-order valence-electron chi connectivity index (χ0n) is 8.67. The Bertz CT molecular complexity index is 120. The molecule has 3 nitrogen and oxygen atoms in total. The molecule has 1 heterocycles. The van der Waals surface area contributed by atoms with Crippen LogP contribution < -0.4 is 0 Å². The maximum atomic E-state index is 5.63. The van der Waals surface area contributed by atoms with E-state index in [4.69, 9.17) is 14.2 Å². The smallest absolute Gasteiger partial charge is 0.282 e. The molecule has 0 amide bonds. The van der Waals surface area contributed by atoms with E-state index in [1.807, 2.05) is 13.8 Å². The molecule has 0 aromatic carbocycles. The highest BCUT2D eigenvalue weighted by Gasteiger charge is 2.33. The molecule has 1 aliphatic heterocycles. The van der Waals surface area contributed by atoms with Gasteiger partial charge in [-0.15, -0.1) is 0 Å². The first-order chi connectivity index (χ1) is 6.33. The highest BCUT2D eigenvalue weighted by atomic mass is 16.9. The van der Waals surface area contributed by atoms with Gasteiger partial charge in [0.05, 0.1) is 6.61 Å². The number of hydrogen-bond acceptors (Lipinski definition) is 3. The highest BCUT2D eigenvalue weighted by molar-refractivity contribution is 4.62. The zero-order valence-corrected chi connectivity index (χ0v) is 8.67. The van der Waals surface area contributed by atoms with Crippen LogP contribution in [0.1, 0.15) is 39.5 Å². The molecule has 13 heavy (non-hydrogen) atoms. The minimum absolute atomic E-state index is 0.639. The van der Waals surface area contributed by atoms with Gasteiger partial charge in [0.2, 0.25) is 0 Å². The molecule has 1 saturated heterocycles. The summed E-state index contributed by atoms with van der Waals surface area (Å²) >= 11 is 0. The Kier molecular flexibility index (Phi) is 4.70. The Morgan fingerprint density at radius 3 is 2.38 bits per heavy atom. The lowest BCUT2D eigenvalue weighted by molar-refractivity contribution is -0.377. The molecule has 0 aliphatic carbocycles. The van der Waals surface area contributed by atoms with Crippen LogP contribution in [0.25, 0.3) is 0 Å². The van der Waals surface area contributed by atoms with Gasteiger partial charge in [0.1, 0.15) is 0 Å². The summed E-state index contributed by atoms with van der Waals surface area (Å²) in [6.07, 6.45) is 4.30. The van der Waals surface area contributed by atoms with Gasteiger partial charge in [0.25, 0.3) is 5.97 Å². The summed E-state index contributed by atoms with van der Waals surface area (Å²) in [6.45, 7) is 5.96. The maximum Gasteiger partial charge on any atom is 0.282 e. The minimum atomic E-state index is -0.736. The molecule has 0 spiro atoms. The molecule has 1 fully saturated rings. The van der Waals surface area contributed by atoms with E-state index < -0.39 is 5.97 Å². The normalized spacial score (nSPS) is 22.6. The first-order valence-corrected chi connectivity index (χ1v) is 5.25. The van der Waals surface area contributed by atoms with Gasteiger partial charge in [0, 0.05) is 19.6 Å². The quantitative estimate of drug-likeness (QED) is 0.634. The Hall–Kier alpha value is -0.120. The molecule has 3 heteroatoms. The molecule has 1 aliphatic rings. The summed E-state index contributed by atoms with van der Waals surface area (Å²) in [5, 5.41) is 0. The highest BCUT2D eigenvalue weighted by Crippen LogP contribution is 2.26. The van der Waals surface area contributed by atoms with Gasteiger partial charge >= 0.3 is 0 Å². The van der Waals surface area contributed by atoms with Gasteiger partial charge in [-0.05, 0) is 26.7 Å². The SMILES string of the molecule is CCOC1(OCC)CCCCCO1. The monoisotopic (exact) mass is 188 g/mol. The van der Waals surface area contributed by atoms with Crippen molar-refractivity contribution in [2.75, 3.05) is 19.8 Å². The van der Waals surface area contributed by atoms with Crippen molar-refractivity contribution >= 4 is 0 Å². The lowest BCUT2D eigenvalue weighted by Crippen LogP contribution is -2.38. The van der Waals surface area contributed by atoms with E-state index in [-0.39, 0.29) is 0 Å². The largest absolute Gasteiger partial charge is 0.328 e. The minimum Gasteiger partial charge on any atom is -0.328 e. The molecule has 0 saturated carbocycles. The third-order valence-electron chi connectivity index (χ3n) is 2.18. The first-order valence-electron chi connectivity index (χ1n) is 5.25. The van der Waals surface area contributed by atoms with Gasteiger partial charge in [0.15, 0.2) is 0 Å². The van der Waals surface area contributed by atoms with Crippen molar-refractivity contribution in [2.45, 2.75) is 45.5 Å². The molecule has 0 atom stereocenters. The van der Waals surface area contributed by atoms with Crippen molar-refractivity contribution < 1.29 is 14.2 Å². The standard InChI is InChI=1S/C10H20O3/c1-3-11-10(12-4-2)8-6-5-7-9-13-10/h3-9H2,1-2H3. The van der Waals surface area contributed by atoms with Crippen LogP contribution in [0.2, 0.25) is 0 Å². The lowest BCUT2D eigenvalue weighted by atomic mass is 10.2. The lowest BCUT2D eigenvalue weighted by Gasteiger charge is -2.31. The second kappa shape index (κ2) is 5.58. The van der Waals surface area contributed by atoms with Gasteiger partial charge in [-0.25, -0.2) is 0 Å². The molecule has 0 aromatic heterocycles. The fourth-order valence-corrected chi connectivity index (χ4v) is 1.63. The average molecular weight is 188 g/mol. The Balaban J connectivity index is 2.50. The van der Waals surface area contributed by atoms with Gasteiger partial charge in [-0.3, -0.25) is 0 Å². The van der Waals surface area contributed by atoms with Crippen LogP contribution in [0.15, 0.2) is 0 Å². The number of ether oxygens (including phenoxy) is 3. The van der Waals surface area contributed by atoms with E-state index >= 15 is 0 Å². The molecular formula is C10H20O3. The van der Waals surface area contributed by atoms with Crippen LogP contribution >= 0.6 is 0 Å². The van der Waals surface area contributed by atoms with Crippen LogP contribution in [-0.4, -0.2) is 25.8 Å². The van der Waals surface area contributed by atoms with Gasteiger partial charge in [-0.2, -0.15) is 0 Å². The van der Waals surface area contributed by atoms with Crippen molar-refractivity contribution in [3.8, 4) is 0 Å². The molecule has 0 aromatic rings. The average Bonchev–Trinajstić information content (AvgIpc) is 2.32. The summed E-state index contributed by atoms with van der Waals surface area (Å²) in [5.41, 5.74) is 0. The van der Waals surface area contributed by atoms with Gasteiger partial charge < -0.3 is 14.2 Å². The third kappa shape index (κ3) is 3.25. The predicted molar refractivity (Wildman–Crippen MR) is 50.4 cm³/mol. The van der Waals surface area contributed by atoms with E-state index in [0.29, 0.717) is 13.2 Å². The van der Waals surface area contributed by atoms with Crippen molar-refractivity contribution in [3.05, 3.63) is 0 Å². The van der Waals surface area contributed by atoms with E-state index in [1.54, 1.807) is 0 Å². The third-order valence-corrected chi connectivity index (χ3v) is 2.18. The van der Waals surface area contributed by atoms with Crippen LogP contribution in [0.3, 0.4) is 0 Å². The van der Waals surface area contributed by atoms with Crippen LogP contribution in [0.4, 0.5) is 0 Å². The number of rotatable bonds is 4. The number of hydrogen-bond donors (Lipinski definition) is 0. The van der Waals surface area contributed by atoms with Crippen molar-refractivity contribution in [1.29, 1.82) is 0 Å². The van der Waals surface area contributed by atoms with E-state index in [0.717, 1.165) is 25.9 Å². The molecular weight excluding hydrogens is 168 g/mol. The van der Waals surface area contributed by atoms with Crippen molar-refractivity contribution in [1.82, 2.24) is 0 Å². The fraction of sp³-hybridized carbons (Fsp3) is 1.00. The van der Waals surface area contributed by atoms with Crippen LogP contribution in [-0.2, 0) is 14.2 Å². The van der Waals surface area contributed by atoms with Crippen LogP contribution in [0, 0.1) is 0 Å². The Labute approximate surface area is 80.4 Å². The first kappa shape index (κ1) is 11.0. The maximum absolute atomic E-state index is 5.63. The molecule has 78 valence electrons. The van der Waals surface area contributed by atoms with E-state index in [2.05, 4.69) is 0 Å². The van der Waals surface area contributed by atoms with Crippen LogP contribution in [0.5, 0.6) is 0 Å². The van der Waals surface area contributed by atoms with Crippen molar-refractivity contribution in [2.24, 2.45) is 0 Å². The molecule has 0 radical (unpaired) electrons. The molecule has 0 N–H and O–H groups in total. The summed E-state index contributed by atoms with van der Waals surface area (Å²) in [7, 11) is 0. The van der Waals surface area contributed by atoms with E-state index in [9.17, 15) is 0 Å². The molecule has 1 rings (SSSR count). The van der Waals surface area contributed by atoms with E-state index in [1.165, 1.54) is 6.42 Å². The second-order valence-corrected chi connectivity index (χ2v) is 3.21. The molecule has 0 unspecified atom stereocenters. The van der Waals surface area contributed by atoms with Gasteiger partial charge in [-0.1, -0.05) is 6.42 Å². The van der Waals surface area contributed by atoms with Crippen molar-refractivity contribution in [3.63, 3.8) is 0 Å². The zero-order chi connectivity index (χ0) is 9.57. The topological polar surface area (TPSA) is 27.7 Å². The predicted octanol–water partition coefficient (Wildman–Crippen LogP) is 2.30. The fourth-order valence-electron chi connectivity index (χ4n) is 1.63.